The Labute approximate surface area is 119 Å². The van der Waals surface area contributed by atoms with Gasteiger partial charge in [-0.2, -0.15) is 0 Å². The van der Waals surface area contributed by atoms with Crippen LogP contribution in [0.25, 0.3) is 6.08 Å². The van der Waals surface area contributed by atoms with Crippen LogP contribution in [0.5, 0.6) is 0 Å². The van der Waals surface area contributed by atoms with E-state index in [1.165, 1.54) is 18.2 Å². The maximum atomic E-state index is 11.4. The van der Waals surface area contributed by atoms with Crippen LogP contribution >= 0.6 is 0 Å². The molecule has 1 unspecified atom stereocenters. The first-order valence-electron chi connectivity index (χ1n) is 6.62. The zero-order chi connectivity index (χ0) is 14.4. The van der Waals surface area contributed by atoms with Crippen molar-refractivity contribution in [1.82, 2.24) is 0 Å². The van der Waals surface area contributed by atoms with Crippen molar-refractivity contribution >= 4 is 12.0 Å². The van der Waals surface area contributed by atoms with E-state index >= 15 is 0 Å². The van der Waals surface area contributed by atoms with E-state index in [0.717, 1.165) is 0 Å². The molecule has 0 radical (unpaired) electrons. The Hall–Kier alpha value is -2.35. The van der Waals surface area contributed by atoms with Gasteiger partial charge in [-0.1, -0.05) is 61.5 Å². The summed E-state index contributed by atoms with van der Waals surface area (Å²) in [6.45, 7) is 2.13. The molecule has 2 heteroatoms. The third kappa shape index (κ3) is 3.58. The van der Waals surface area contributed by atoms with Crippen LogP contribution in [0.4, 0.5) is 0 Å². The molecule has 0 saturated heterocycles. The molecule has 0 spiro atoms. The molecule has 102 valence electrons. The molecule has 0 aliphatic carbocycles. The molecule has 0 amide bonds. The summed E-state index contributed by atoms with van der Waals surface area (Å²) in [5.41, 5.74) is 2.94. The minimum absolute atomic E-state index is 0.293. The van der Waals surface area contributed by atoms with Crippen molar-refractivity contribution in [3.05, 3.63) is 77.4 Å². The Kier molecular flexibility index (Phi) is 4.72. The predicted octanol–water partition coefficient (Wildman–Crippen LogP) is 4.29. The smallest absolute Gasteiger partial charge is 0.337 e. The minimum atomic E-state index is -0.302. The molecule has 2 aromatic carbocycles. The van der Waals surface area contributed by atoms with Gasteiger partial charge in [-0.15, -0.1) is 0 Å². The van der Waals surface area contributed by atoms with Gasteiger partial charge in [0, 0.05) is 0 Å². The topological polar surface area (TPSA) is 26.3 Å². The fraction of sp³-hybridized carbons (Fsp3) is 0.167. The van der Waals surface area contributed by atoms with E-state index in [9.17, 15) is 4.79 Å². The molecule has 0 bridgehead atoms. The molecule has 20 heavy (non-hydrogen) atoms. The van der Waals surface area contributed by atoms with Gasteiger partial charge in [0.15, 0.2) is 0 Å². The first kappa shape index (κ1) is 14.1. The third-order valence-corrected chi connectivity index (χ3v) is 3.23. The largest absolute Gasteiger partial charge is 0.465 e. The van der Waals surface area contributed by atoms with Crippen molar-refractivity contribution < 1.29 is 9.53 Å². The third-order valence-electron chi connectivity index (χ3n) is 3.23. The highest BCUT2D eigenvalue weighted by Crippen LogP contribution is 2.19. The van der Waals surface area contributed by atoms with Gasteiger partial charge in [0.25, 0.3) is 0 Å². The summed E-state index contributed by atoms with van der Waals surface area (Å²) in [6.07, 6.45) is 4.27. The lowest BCUT2D eigenvalue weighted by Gasteiger charge is -2.07. The fourth-order valence-electron chi connectivity index (χ4n) is 1.97. The number of carbonyl (C=O) groups excluding carboxylic acids is 1. The number of esters is 1. The average molecular weight is 266 g/mol. The highest BCUT2D eigenvalue weighted by molar-refractivity contribution is 5.89. The van der Waals surface area contributed by atoms with Crippen LogP contribution in [0.1, 0.15) is 34.3 Å². The maximum Gasteiger partial charge on any atom is 0.337 e. The van der Waals surface area contributed by atoms with E-state index in [2.05, 4.69) is 35.9 Å². The summed E-state index contributed by atoms with van der Waals surface area (Å²) in [5.74, 6) is -0.00839. The number of carbonyl (C=O) groups is 1. The monoisotopic (exact) mass is 266 g/mol. The van der Waals surface area contributed by atoms with Gasteiger partial charge in [-0.05, 0) is 29.2 Å². The first-order valence-corrected chi connectivity index (χ1v) is 6.62. The van der Waals surface area contributed by atoms with Gasteiger partial charge >= 0.3 is 5.97 Å². The molecule has 0 N–H and O–H groups in total. The Morgan fingerprint density at radius 3 is 2.30 bits per heavy atom. The molecule has 2 aromatic rings. The second-order valence-corrected chi connectivity index (χ2v) is 4.67. The van der Waals surface area contributed by atoms with Crippen molar-refractivity contribution in [2.24, 2.45) is 0 Å². The quantitative estimate of drug-likeness (QED) is 0.772. The van der Waals surface area contributed by atoms with Crippen LogP contribution in [-0.2, 0) is 4.74 Å². The number of hydrogen-bond acceptors (Lipinski definition) is 2. The van der Waals surface area contributed by atoms with Crippen LogP contribution in [0, 0.1) is 0 Å². The highest BCUT2D eigenvalue weighted by Gasteiger charge is 2.06. The van der Waals surface area contributed by atoms with Gasteiger partial charge < -0.3 is 4.74 Å². The molecule has 0 aliphatic heterocycles. The van der Waals surface area contributed by atoms with Crippen molar-refractivity contribution in [3.8, 4) is 0 Å². The Morgan fingerprint density at radius 1 is 1.05 bits per heavy atom. The average Bonchev–Trinajstić information content (AvgIpc) is 2.53. The molecule has 0 aromatic heterocycles. The lowest BCUT2D eigenvalue weighted by molar-refractivity contribution is 0.0600. The van der Waals surface area contributed by atoms with E-state index in [1.807, 2.05) is 30.3 Å². The summed E-state index contributed by atoms with van der Waals surface area (Å²) >= 11 is 0. The van der Waals surface area contributed by atoms with Crippen LogP contribution in [0.2, 0.25) is 0 Å². The lowest BCUT2D eigenvalue weighted by Crippen LogP contribution is -2.01. The Morgan fingerprint density at radius 2 is 1.70 bits per heavy atom. The molecule has 0 aliphatic rings. The molecule has 0 fully saturated rings. The van der Waals surface area contributed by atoms with Crippen molar-refractivity contribution in [2.75, 3.05) is 7.11 Å². The van der Waals surface area contributed by atoms with Crippen molar-refractivity contribution in [1.29, 1.82) is 0 Å². The lowest BCUT2D eigenvalue weighted by atomic mass is 9.98. The second kappa shape index (κ2) is 6.71. The molecule has 1 atom stereocenters. The summed E-state index contributed by atoms with van der Waals surface area (Å²) in [7, 11) is 1.39. The maximum absolute atomic E-state index is 11.4. The zero-order valence-corrected chi connectivity index (χ0v) is 11.7. The minimum Gasteiger partial charge on any atom is -0.465 e. The molecule has 2 nitrogen and oxygen atoms in total. The SMILES string of the molecule is COC(=O)c1ccc(C(C)C=Cc2ccccc2)cc1. The van der Waals surface area contributed by atoms with Gasteiger partial charge in [0.1, 0.15) is 0 Å². The van der Waals surface area contributed by atoms with E-state index in [1.54, 1.807) is 12.1 Å². The van der Waals surface area contributed by atoms with Gasteiger partial charge in [-0.25, -0.2) is 4.79 Å². The number of methoxy groups -OCH3 is 1. The Balaban J connectivity index is 2.08. The molecule has 0 saturated carbocycles. The van der Waals surface area contributed by atoms with Crippen molar-refractivity contribution in [3.63, 3.8) is 0 Å². The molecular weight excluding hydrogens is 248 g/mol. The Bertz CT molecular complexity index is 583. The number of rotatable bonds is 4. The number of allylic oxidation sites excluding steroid dienone is 1. The summed E-state index contributed by atoms with van der Waals surface area (Å²) in [6, 6.07) is 17.7. The van der Waals surface area contributed by atoms with Crippen molar-refractivity contribution in [2.45, 2.75) is 12.8 Å². The second-order valence-electron chi connectivity index (χ2n) is 4.67. The van der Waals surface area contributed by atoms with E-state index < -0.39 is 0 Å². The molecular formula is C18H18O2. The summed E-state index contributed by atoms with van der Waals surface area (Å²) in [5, 5.41) is 0. The zero-order valence-electron chi connectivity index (χ0n) is 11.7. The van der Waals surface area contributed by atoms with Crippen LogP contribution in [0.15, 0.2) is 60.7 Å². The van der Waals surface area contributed by atoms with E-state index in [4.69, 9.17) is 0 Å². The number of hydrogen-bond donors (Lipinski definition) is 0. The van der Waals surface area contributed by atoms with Gasteiger partial charge in [0.2, 0.25) is 0 Å². The molecule has 2 rings (SSSR count). The molecule has 0 heterocycles. The van der Waals surface area contributed by atoms with E-state index in [0.29, 0.717) is 11.5 Å². The normalized spacial score (nSPS) is 12.3. The number of ether oxygens (including phenoxy) is 1. The van der Waals surface area contributed by atoms with Gasteiger partial charge in [0.05, 0.1) is 12.7 Å². The van der Waals surface area contributed by atoms with Crippen LogP contribution < -0.4 is 0 Å². The summed E-state index contributed by atoms with van der Waals surface area (Å²) in [4.78, 5) is 11.4. The summed E-state index contributed by atoms with van der Waals surface area (Å²) < 4.78 is 4.69. The standard InChI is InChI=1S/C18H18O2/c1-14(8-9-15-6-4-3-5-7-15)16-10-12-17(13-11-16)18(19)20-2/h3-14H,1-2H3. The van der Waals surface area contributed by atoms with Crippen LogP contribution in [0.3, 0.4) is 0 Å². The van der Waals surface area contributed by atoms with E-state index in [-0.39, 0.29) is 5.97 Å². The first-order chi connectivity index (χ1) is 9.70. The predicted molar refractivity (Wildman–Crippen MR) is 81.7 cm³/mol. The highest BCUT2D eigenvalue weighted by atomic mass is 16.5. The number of benzene rings is 2. The van der Waals surface area contributed by atoms with Gasteiger partial charge in [-0.3, -0.25) is 0 Å². The van der Waals surface area contributed by atoms with Crippen LogP contribution in [-0.4, -0.2) is 13.1 Å². The fourth-order valence-corrected chi connectivity index (χ4v) is 1.97.